The molecule has 0 heterocycles. The third-order valence-corrected chi connectivity index (χ3v) is 2.72. The molecule has 0 aliphatic heterocycles. The van der Waals surface area contributed by atoms with Gasteiger partial charge in [-0.3, -0.25) is 0 Å². The Hall–Kier alpha value is -0.0200. The van der Waals surface area contributed by atoms with Crippen LogP contribution in [0.3, 0.4) is 0 Å². The van der Waals surface area contributed by atoms with Gasteiger partial charge in [0.25, 0.3) is 0 Å². The zero-order chi connectivity index (χ0) is 12.6. The molecular weight excluding hydrogens is 243 g/mol. The fourth-order valence-corrected chi connectivity index (χ4v) is 1.78. The molecule has 0 aromatic carbocycles. The molecule has 0 radical (unpaired) electrons. The summed E-state index contributed by atoms with van der Waals surface area (Å²) < 4.78 is 0. The predicted molar refractivity (Wildman–Crippen MR) is 74.7 cm³/mol. The monoisotopic (exact) mass is 264 g/mol. The van der Waals surface area contributed by atoms with E-state index in [1.54, 1.807) is 0 Å². The molecule has 4 heteroatoms. The van der Waals surface area contributed by atoms with Crippen LogP contribution in [0.25, 0.3) is 0 Å². The molecule has 0 aliphatic carbocycles. The van der Waals surface area contributed by atoms with Crippen LogP contribution in [0.5, 0.6) is 0 Å². The van der Waals surface area contributed by atoms with E-state index in [2.05, 4.69) is 22.0 Å². The van der Waals surface area contributed by atoms with Gasteiger partial charge in [0.05, 0.1) is 5.38 Å². The summed E-state index contributed by atoms with van der Waals surface area (Å²) in [7, 11) is 8.13. The smallest absolute Gasteiger partial charge is 0.0707 e. The molecule has 0 spiro atoms. The second-order valence-corrected chi connectivity index (χ2v) is 4.98. The van der Waals surface area contributed by atoms with Crippen LogP contribution in [-0.2, 0) is 0 Å². The van der Waals surface area contributed by atoms with Crippen molar-refractivity contribution in [3.8, 4) is 0 Å². The Kier molecular flexibility index (Phi) is 9.04. The van der Waals surface area contributed by atoms with Gasteiger partial charge in [0.15, 0.2) is 0 Å². The van der Waals surface area contributed by atoms with Crippen molar-refractivity contribution in [3.63, 3.8) is 0 Å². The lowest BCUT2D eigenvalue weighted by molar-refractivity contribution is 0.346. The Balaban J connectivity index is 4.37. The molecule has 2 nitrogen and oxygen atoms in total. The van der Waals surface area contributed by atoms with E-state index in [0.29, 0.717) is 5.88 Å². The fraction of sp³-hybridized carbons (Fsp3) is 0.667. The number of rotatable bonds is 7. The Bertz CT molecular complexity index is 225. The number of allylic oxidation sites excluding steroid dienone is 1. The van der Waals surface area contributed by atoms with E-state index >= 15 is 0 Å². The Morgan fingerprint density at radius 2 is 1.69 bits per heavy atom. The average molecular weight is 265 g/mol. The van der Waals surface area contributed by atoms with Crippen LogP contribution in [0.15, 0.2) is 24.3 Å². The van der Waals surface area contributed by atoms with Crippen molar-refractivity contribution in [1.82, 2.24) is 9.80 Å². The second kappa shape index (κ2) is 9.06. The molecule has 0 aromatic heterocycles. The molecule has 0 amide bonds. The van der Waals surface area contributed by atoms with E-state index in [9.17, 15) is 0 Å². The first-order chi connectivity index (χ1) is 7.49. The maximum Gasteiger partial charge on any atom is 0.0707 e. The van der Waals surface area contributed by atoms with Crippen molar-refractivity contribution < 1.29 is 0 Å². The third kappa shape index (κ3) is 7.29. The SMILES string of the molecule is CN(C)CC=CC(C(Cl)C=CCCl)N(C)C. The summed E-state index contributed by atoms with van der Waals surface area (Å²) in [5.41, 5.74) is 0. The highest BCUT2D eigenvalue weighted by Gasteiger charge is 2.15. The molecule has 0 fully saturated rings. The molecule has 2 atom stereocenters. The summed E-state index contributed by atoms with van der Waals surface area (Å²) in [4.78, 5) is 4.21. The Labute approximate surface area is 110 Å². The van der Waals surface area contributed by atoms with Crippen LogP contribution < -0.4 is 0 Å². The largest absolute Gasteiger partial charge is 0.306 e. The molecule has 16 heavy (non-hydrogen) atoms. The van der Waals surface area contributed by atoms with Crippen molar-refractivity contribution >= 4 is 23.2 Å². The minimum Gasteiger partial charge on any atom is -0.306 e. The molecule has 0 aliphatic rings. The molecule has 0 aromatic rings. The molecule has 0 bridgehead atoms. The Morgan fingerprint density at radius 3 is 2.12 bits per heavy atom. The van der Waals surface area contributed by atoms with Gasteiger partial charge in [0.1, 0.15) is 0 Å². The number of halogens is 2. The zero-order valence-corrected chi connectivity index (χ0v) is 12.0. The molecule has 0 N–H and O–H groups in total. The van der Waals surface area contributed by atoms with Crippen molar-refractivity contribution in [1.29, 1.82) is 0 Å². The summed E-state index contributed by atoms with van der Waals surface area (Å²) in [6.45, 7) is 0.924. The minimum absolute atomic E-state index is 0.0489. The van der Waals surface area contributed by atoms with Gasteiger partial charge in [0, 0.05) is 18.5 Å². The number of likely N-dealkylation sites (N-methyl/N-ethyl adjacent to an activating group) is 2. The first-order valence-electron chi connectivity index (χ1n) is 5.33. The predicted octanol–water partition coefficient (Wildman–Crippen LogP) is 2.44. The van der Waals surface area contributed by atoms with E-state index in [4.69, 9.17) is 23.2 Å². The van der Waals surface area contributed by atoms with Gasteiger partial charge in [-0.25, -0.2) is 0 Å². The normalized spacial score (nSPS) is 16.8. The van der Waals surface area contributed by atoms with Gasteiger partial charge in [-0.15, -0.1) is 23.2 Å². The van der Waals surface area contributed by atoms with E-state index in [1.807, 2.05) is 40.3 Å². The van der Waals surface area contributed by atoms with E-state index in [-0.39, 0.29) is 11.4 Å². The highest BCUT2D eigenvalue weighted by atomic mass is 35.5. The summed E-state index contributed by atoms with van der Waals surface area (Å²) in [6.07, 6.45) is 8.10. The Morgan fingerprint density at radius 1 is 1.06 bits per heavy atom. The number of hydrogen-bond donors (Lipinski definition) is 0. The number of nitrogens with zero attached hydrogens (tertiary/aromatic N) is 2. The lowest BCUT2D eigenvalue weighted by Crippen LogP contribution is -2.33. The molecule has 94 valence electrons. The molecule has 0 rings (SSSR count). The maximum atomic E-state index is 6.28. The van der Waals surface area contributed by atoms with E-state index in [0.717, 1.165) is 6.54 Å². The quantitative estimate of drug-likeness (QED) is 0.515. The molecule has 2 unspecified atom stereocenters. The minimum atomic E-state index is -0.0489. The van der Waals surface area contributed by atoms with Crippen LogP contribution in [0.2, 0.25) is 0 Å². The topological polar surface area (TPSA) is 6.48 Å². The summed E-state index contributed by atoms with van der Waals surface area (Å²) in [6, 6.07) is 0.195. The van der Waals surface area contributed by atoms with E-state index < -0.39 is 0 Å². The van der Waals surface area contributed by atoms with Crippen LogP contribution in [0, 0.1) is 0 Å². The second-order valence-electron chi connectivity index (χ2n) is 4.17. The van der Waals surface area contributed by atoms with Gasteiger partial charge in [-0.2, -0.15) is 0 Å². The van der Waals surface area contributed by atoms with Gasteiger partial charge in [0.2, 0.25) is 0 Å². The van der Waals surface area contributed by atoms with Crippen LogP contribution in [0.1, 0.15) is 0 Å². The first kappa shape index (κ1) is 16.0. The van der Waals surface area contributed by atoms with Crippen molar-refractivity contribution in [2.24, 2.45) is 0 Å². The highest BCUT2D eigenvalue weighted by Crippen LogP contribution is 2.11. The summed E-state index contributed by atoms with van der Waals surface area (Å²) >= 11 is 11.9. The van der Waals surface area contributed by atoms with Gasteiger partial charge in [-0.05, 0) is 28.2 Å². The van der Waals surface area contributed by atoms with Crippen molar-refractivity contribution in [3.05, 3.63) is 24.3 Å². The lowest BCUT2D eigenvalue weighted by atomic mass is 10.1. The number of hydrogen-bond acceptors (Lipinski definition) is 2. The summed E-state index contributed by atoms with van der Waals surface area (Å²) in [5.74, 6) is 0.505. The fourth-order valence-electron chi connectivity index (χ4n) is 1.27. The van der Waals surface area contributed by atoms with Crippen LogP contribution >= 0.6 is 23.2 Å². The average Bonchev–Trinajstić information content (AvgIpc) is 2.20. The van der Waals surface area contributed by atoms with Gasteiger partial charge < -0.3 is 9.80 Å². The highest BCUT2D eigenvalue weighted by molar-refractivity contribution is 6.22. The summed E-state index contributed by atoms with van der Waals surface area (Å²) in [5, 5.41) is -0.0489. The van der Waals surface area contributed by atoms with Crippen LogP contribution in [-0.4, -0.2) is 61.8 Å². The van der Waals surface area contributed by atoms with E-state index in [1.165, 1.54) is 0 Å². The van der Waals surface area contributed by atoms with Gasteiger partial charge in [-0.1, -0.05) is 24.3 Å². The van der Waals surface area contributed by atoms with Crippen molar-refractivity contribution in [2.75, 3.05) is 40.6 Å². The molecule has 0 saturated carbocycles. The van der Waals surface area contributed by atoms with Crippen LogP contribution in [0.4, 0.5) is 0 Å². The van der Waals surface area contributed by atoms with Crippen molar-refractivity contribution in [2.45, 2.75) is 11.4 Å². The lowest BCUT2D eigenvalue weighted by Gasteiger charge is -2.24. The zero-order valence-electron chi connectivity index (χ0n) is 10.5. The molecular formula is C12H22Cl2N2. The standard InChI is InChI=1S/C12H22Cl2N2/c1-15(2)10-6-8-12(16(3)4)11(14)7-5-9-13/h5-8,11-12H,9-10H2,1-4H3. The maximum absolute atomic E-state index is 6.28. The third-order valence-electron chi connectivity index (χ3n) is 2.14. The first-order valence-corrected chi connectivity index (χ1v) is 6.30. The van der Waals surface area contributed by atoms with Gasteiger partial charge >= 0.3 is 0 Å². The number of alkyl halides is 2. The molecule has 0 saturated heterocycles.